The molecule has 138 valence electrons. The first-order valence-corrected chi connectivity index (χ1v) is 8.82. The van der Waals surface area contributed by atoms with Gasteiger partial charge in [0.05, 0.1) is 6.42 Å². The quantitative estimate of drug-likeness (QED) is 0.569. The number of Topliss-reactive ketones (excluding diaryl/α,β-unsaturated/α-hetero) is 1. The van der Waals surface area contributed by atoms with Gasteiger partial charge in [-0.1, -0.05) is 0 Å². The molecule has 2 N–H and O–H groups in total. The molecule has 0 aliphatic heterocycles. The second-order valence-corrected chi connectivity index (χ2v) is 7.46. The molecule has 0 aliphatic carbocycles. The van der Waals surface area contributed by atoms with Crippen molar-refractivity contribution in [3.05, 3.63) is 21.4 Å². The summed E-state index contributed by atoms with van der Waals surface area (Å²) in [5.41, 5.74) is 0.617. The first-order chi connectivity index (χ1) is 11.6. The van der Waals surface area contributed by atoms with Gasteiger partial charge in [0.2, 0.25) is 0 Å². The van der Waals surface area contributed by atoms with E-state index in [0.717, 1.165) is 9.75 Å². The summed E-state index contributed by atoms with van der Waals surface area (Å²) >= 11 is 1.53. The van der Waals surface area contributed by atoms with Crippen LogP contribution < -0.4 is 10.6 Å². The van der Waals surface area contributed by atoms with Crippen LogP contribution in [0, 0.1) is 13.8 Å². The Morgan fingerprint density at radius 1 is 1.12 bits per heavy atom. The molecule has 1 aromatic heterocycles. The number of amides is 3. The smallest absolute Gasteiger partial charge is 0.321 e. The number of thiophene rings is 1. The van der Waals surface area contributed by atoms with Crippen molar-refractivity contribution < 1.29 is 23.9 Å². The predicted octanol–water partition coefficient (Wildman–Crippen LogP) is 2.49. The van der Waals surface area contributed by atoms with Crippen molar-refractivity contribution >= 4 is 35.0 Å². The molecule has 7 nitrogen and oxygen atoms in total. The highest BCUT2D eigenvalue weighted by Crippen LogP contribution is 2.22. The van der Waals surface area contributed by atoms with Crippen LogP contribution in [0.1, 0.15) is 53.7 Å². The third-order valence-electron chi connectivity index (χ3n) is 3.23. The highest BCUT2D eigenvalue weighted by atomic mass is 32.1. The Labute approximate surface area is 151 Å². The number of imide groups is 1. The number of ether oxygens (including phenoxy) is 1. The lowest BCUT2D eigenvalue weighted by Crippen LogP contribution is -2.46. The summed E-state index contributed by atoms with van der Waals surface area (Å²) in [4.78, 5) is 49.1. The molecular formula is C17H24N2O5S. The van der Waals surface area contributed by atoms with Gasteiger partial charge in [-0.3, -0.25) is 19.7 Å². The van der Waals surface area contributed by atoms with E-state index in [4.69, 9.17) is 4.74 Å². The zero-order chi connectivity index (χ0) is 19.1. The number of urea groups is 1. The molecule has 0 radical (unpaired) electrons. The minimum Gasteiger partial charge on any atom is -0.453 e. The van der Waals surface area contributed by atoms with Gasteiger partial charge < -0.3 is 10.1 Å². The lowest BCUT2D eigenvalue weighted by atomic mass is 10.1. The molecule has 1 atom stereocenters. The summed E-state index contributed by atoms with van der Waals surface area (Å²) in [5.74, 6) is -1.51. The topological polar surface area (TPSA) is 102 Å². The van der Waals surface area contributed by atoms with Gasteiger partial charge in [-0.05, 0) is 40.7 Å². The summed E-state index contributed by atoms with van der Waals surface area (Å²) in [6, 6.07) is 1.03. The molecule has 0 bridgehead atoms. The molecule has 1 aromatic rings. The van der Waals surface area contributed by atoms with Crippen molar-refractivity contribution in [1.82, 2.24) is 10.6 Å². The van der Waals surface area contributed by atoms with Gasteiger partial charge in [-0.2, -0.15) is 0 Å². The van der Waals surface area contributed by atoms with E-state index < -0.39 is 24.0 Å². The number of nitrogens with one attached hydrogen (secondary N) is 2. The van der Waals surface area contributed by atoms with E-state index in [-0.39, 0.29) is 24.7 Å². The summed E-state index contributed by atoms with van der Waals surface area (Å²) in [6.45, 7) is 8.64. The summed E-state index contributed by atoms with van der Waals surface area (Å²) < 4.78 is 4.96. The van der Waals surface area contributed by atoms with Gasteiger partial charge in [0, 0.05) is 27.8 Å². The van der Waals surface area contributed by atoms with Crippen molar-refractivity contribution in [2.24, 2.45) is 0 Å². The molecule has 3 amide bonds. The van der Waals surface area contributed by atoms with E-state index in [0.29, 0.717) is 5.56 Å². The standard InChI is InChI=1S/C17H24N2O5S/c1-9(2)18-17(23)19-16(22)11(4)24-15(21)7-6-14(20)13-8-10(3)25-12(13)5/h8-9,11H,6-7H2,1-5H3,(H2,18,19,22,23). The second kappa shape index (κ2) is 9.31. The minimum absolute atomic E-state index is 0.0119. The van der Waals surface area contributed by atoms with Crippen molar-refractivity contribution in [3.63, 3.8) is 0 Å². The third kappa shape index (κ3) is 7.04. The monoisotopic (exact) mass is 368 g/mol. The maximum Gasteiger partial charge on any atom is 0.321 e. The van der Waals surface area contributed by atoms with Crippen LogP contribution in [0.5, 0.6) is 0 Å². The molecule has 0 aromatic carbocycles. The zero-order valence-electron chi connectivity index (χ0n) is 15.1. The predicted molar refractivity (Wildman–Crippen MR) is 94.7 cm³/mol. The molecule has 0 saturated carbocycles. The van der Waals surface area contributed by atoms with E-state index >= 15 is 0 Å². The lowest BCUT2D eigenvalue weighted by molar-refractivity contribution is -0.154. The van der Waals surface area contributed by atoms with E-state index in [1.54, 1.807) is 19.9 Å². The third-order valence-corrected chi connectivity index (χ3v) is 4.20. The number of carbonyl (C=O) groups excluding carboxylic acids is 4. The molecule has 0 spiro atoms. The average Bonchev–Trinajstić information content (AvgIpc) is 2.82. The lowest BCUT2D eigenvalue weighted by Gasteiger charge is -2.14. The summed E-state index contributed by atoms with van der Waals surface area (Å²) in [5, 5.41) is 4.58. The fourth-order valence-corrected chi connectivity index (χ4v) is 3.02. The van der Waals surface area contributed by atoms with Crippen LogP contribution in [0.15, 0.2) is 6.07 Å². The molecule has 1 heterocycles. The largest absolute Gasteiger partial charge is 0.453 e. The Bertz CT molecular complexity index is 666. The Morgan fingerprint density at radius 2 is 1.76 bits per heavy atom. The molecule has 1 rings (SSSR count). The van der Waals surface area contributed by atoms with Gasteiger partial charge in [0.1, 0.15) is 0 Å². The first kappa shape index (κ1) is 20.8. The Morgan fingerprint density at radius 3 is 2.28 bits per heavy atom. The maximum atomic E-state index is 12.1. The van der Waals surface area contributed by atoms with Crippen LogP contribution in [-0.4, -0.2) is 35.8 Å². The second-order valence-electron chi connectivity index (χ2n) is 6.00. The number of esters is 1. The molecule has 25 heavy (non-hydrogen) atoms. The minimum atomic E-state index is -1.12. The van der Waals surface area contributed by atoms with Crippen LogP contribution in [0.3, 0.4) is 0 Å². The van der Waals surface area contributed by atoms with Gasteiger partial charge in [-0.25, -0.2) is 4.79 Å². The number of carbonyl (C=O) groups is 4. The number of ketones is 1. The summed E-state index contributed by atoms with van der Waals surface area (Å²) in [6.07, 6.45) is -1.23. The van der Waals surface area contributed by atoms with Crippen LogP contribution in [0.25, 0.3) is 0 Å². The molecule has 0 fully saturated rings. The number of rotatable bonds is 7. The molecular weight excluding hydrogens is 344 g/mol. The number of aryl methyl sites for hydroxylation is 2. The maximum absolute atomic E-state index is 12.1. The number of hydrogen-bond donors (Lipinski definition) is 2. The van der Waals surface area contributed by atoms with Gasteiger partial charge >= 0.3 is 12.0 Å². The molecule has 8 heteroatoms. The molecule has 1 unspecified atom stereocenters. The van der Waals surface area contributed by atoms with Crippen molar-refractivity contribution in [2.75, 3.05) is 0 Å². The highest BCUT2D eigenvalue weighted by molar-refractivity contribution is 7.12. The average molecular weight is 368 g/mol. The van der Waals surface area contributed by atoms with Crippen LogP contribution in [0.4, 0.5) is 4.79 Å². The fraction of sp³-hybridized carbons (Fsp3) is 0.529. The molecule has 0 aliphatic rings. The normalized spacial score (nSPS) is 11.8. The van der Waals surface area contributed by atoms with E-state index in [1.165, 1.54) is 18.3 Å². The van der Waals surface area contributed by atoms with Gasteiger partial charge in [-0.15, -0.1) is 11.3 Å². The van der Waals surface area contributed by atoms with E-state index in [2.05, 4.69) is 10.6 Å². The fourth-order valence-electron chi connectivity index (χ4n) is 2.08. The van der Waals surface area contributed by atoms with Gasteiger partial charge in [0.25, 0.3) is 5.91 Å². The van der Waals surface area contributed by atoms with Crippen molar-refractivity contribution in [2.45, 2.75) is 59.6 Å². The van der Waals surface area contributed by atoms with Crippen LogP contribution in [-0.2, 0) is 14.3 Å². The SMILES string of the molecule is Cc1cc(C(=O)CCC(=O)OC(C)C(=O)NC(=O)NC(C)C)c(C)s1. The Balaban J connectivity index is 2.42. The van der Waals surface area contributed by atoms with Crippen molar-refractivity contribution in [3.8, 4) is 0 Å². The summed E-state index contributed by atoms with van der Waals surface area (Å²) in [7, 11) is 0. The Hall–Kier alpha value is -2.22. The highest BCUT2D eigenvalue weighted by Gasteiger charge is 2.21. The van der Waals surface area contributed by atoms with Gasteiger partial charge in [0.15, 0.2) is 11.9 Å². The van der Waals surface area contributed by atoms with Crippen LogP contribution in [0.2, 0.25) is 0 Å². The molecule has 0 saturated heterocycles. The number of hydrogen-bond acceptors (Lipinski definition) is 6. The van der Waals surface area contributed by atoms with Crippen LogP contribution >= 0.6 is 11.3 Å². The van der Waals surface area contributed by atoms with E-state index in [1.807, 2.05) is 13.8 Å². The zero-order valence-corrected chi connectivity index (χ0v) is 15.9. The Kier molecular flexibility index (Phi) is 7.76. The first-order valence-electron chi connectivity index (χ1n) is 8.01. The van der Waals surface area contributed by atoms with E-state index in [9.17, 15) is 19.2 Å². The van der Waals surface area contributed by atoms with Crippen molar-refractivity contribution in [1.29, 1.82) is 0 Å².